The minimum atomic E-state index is 0. The summed E-state index contributed by atoms with van der Waals surface area (Å²) in [6, 6.07) is 7.91. The van der Waals surface area contributed by atoms with Gasteiger partial charge in [-0.2, -0.15) is 0 Å². The van der Waals surface area contributed by atoms with E-state index in [9.17, 15) is 0 Å². The number of terminal acetylenes is 1. The number of hydrogen-bond donors (Lipinski definition) is 2. The Bertz CT molecular complexity index is 455. The summed E-state index contributed by atoms with van der Waals surface area (Å²) in [4.78, 5) is 4.45. The van der Waals surface area contributed by atoms with Crippen LogP contribution in [0.15, 0.2) is 29.3 Å². The number of halogens is 2. The summed E-state index contributed by atoms with van der Waals surface area (Å²) in [5, 5.41) is 7.02. The number of aryl methyl sites for hydroxylation is 1. The van der Waals surface area contributed by atoms with Crippen molar-refractivity contribution < 1.29 is 0 Å². The van der Waals surface area contributed by atoms with E-state index in [1.54, 1.807) is 0 Å². The van der Waals surface area contributed by atoms with E-state index in [0.717, 1.165) is 36.9 Å². The first kappa shape index (κ1) is 19.1. The molecule has 1 aromatic carbocycles. The van der Waals surface area contributed by atoms with E-state index in [1.807, 2.05) is 31.2 Å². The van der Waals surface area contributed by atoms with Crippen LogP contribution in [0.4, 0.5) is 0 Å². The molecule has 1 rings (SSSR count). The molecule has 0 aromatic heterocycles. The minimum absolute atomic E-state index is 0. The first-order valence-corrected chi connectivity index (χ1v) is 6.84. The maximum absolute atomic E-state index is 6.10. The van der Waals surface area contributed by atoms with Gasteiger partial charge in [-0.25, -0.2) is 0 Å². The van der Waals surface area contributed by atoms with Gasteiger partial charge in [0, 0.05) is 18.1 Å². The van der Waals surface area contributed by atoms with Gasteiger partial charge in [-0.15, -0.1) is 30.4 Å². The fourth-order valence-electron chi connectivity index (χ4n) is 1.64. The Hall–Kier alpha value is -0.930. The molecule has 1 aromatic rings. The van der Waals surface area contributed by atoms with Gasteiger partial charge in [0.25, 0.3) is 0 Å². The largest absolute Gasteiger partial charge is 0.357 e. The molecule has 5 heteroatoms. The fraction of sp³-hybridized carbons (Fsp3) is 0.400. The topological polar surface area (TPSA) is 36.4 Å². The molecule has 110 valence electrons. The molecular weight excluding hydrogens is 385 g/mol. The van der Waals surface area contributed by atoms with Crippen molar-refractivity contribution in [2.45, 2.75) is 19.8 Å². The van der Waals surface area contributed by atoms with Crippen molar-refractivity contribution in [3.8, 4) is 12.3 Å². The van der Waals surface area contributed by atoms with Crippen molar-refractivity contribution in [3.05, 3.63) is 34.9 Å². The zero-order valence-electron chi connectivity index (χ0n) is 11.7. The molecular formula is C15H21ClIN3. The molecule has 3 nitrogen and oxygen atoms in total. The molecule has 20 heavy (non-hydrogen) atoms. The Morgan fingerprint density at radius 3 is 2.75 bits per heavy atom. The summed E-state index contributed by atoms with van der Waals surface area (Å²) >= 11 is 6.10. The van der Waals surface area contributed by atoms with Crippen LogP contribution in [0.5, 0.6) is 0 Å². The maximum Gasteiger partial charge on any atom is 0.192 e. The molecule has 0 radical (unpaired) electrons. The van der Waals surface area contributed by atoms with Gasteiger partial charge < -0.3 is 10.6 Å². The van der Waals surface area contributed by atoms with E-state index in [1.165, 1.54) is 5.56 Å². The summed E-state index contributed by atoms with van der Waals surface area (Å²) in [5.74, 6) is 3.29. The summed E-state index contributed by atoms with van der Waals surface area (Å²) in [6.07, 6.45) is 7.09. The number of nitrogens with one attached hydrogen (secondary N) is 2. The molecule has 0 bridgehead atoms. The van der Waals surface area contributed by atoms with Crippen LogP contribution in [-0.2, 0) is 6.42 Å². The lowest BCUT2D eigenvalue weighted by molar-refractivity contribution is 0.804. The standard InChI is InChI=1S/C15H20ClN3.HI/c1-3-11-18-15(17-4-2)19-12-7-9-13-8-5-6-10-14(13)16;/h1,5-6,8,10H,4,7,9,11-12H2,2H3,(H2,17,18,19);1H. The zero-order chi connectivity index (χ0) is 13.9. The second-order valence-electron chi connectivity index (χ2n) is 4.01. The Morgan fingerprint density at radius 1 is 1.35 bits per heavy atom. The van der Waals surface area contributed by atoms with Gasteiger partial charge in [0.05, 0.1) is 6.54 Å². The van der Waals surface area contributed by atoms with E-state index < -0.39 is 0 Å². The van der Waals surface area contributed by atoms with Gasteiger partial charge in [0.1, 0.15) is 0 Å². The smallest absolute Gasteiger partial charge is 0.192 e. The molecule has 0 aliphatic heterocycles. The van der Waals surface area contributed by atoms with Crippen LogP contribution in [-0.4, -0.2) is 25.6 Å². The highest BCUT2D eigenvalue weighted by Crippen LogP contribution is 2.16. The Labute approximate surface area is 143 Å². The van der Waals surface area contributed by atoms with Crippen molar-refractivity contribution in [1.29, 1.82) is 0 Å². The highest BCUT2D eigenvalue weighted by molar-refractivity contribution is 14.0. The lowest BCUT2D eigenvalue weighted by Crippen LogP contribution is -2.37. The molecule has 0 aliphatic rings. The number of benzene rings is 1. The second kappa shape index (κ2) is 11.9. The van der Waals surface area contributed by atoms with Crippen LogP contribution in [0.3, 0.4) is 0 Å². The predicted octanol–water partition coefficient (Wildman–Crippen LogP) is 3.08. The van der Waals surface area contributed by atoms with Crippen LogP contribution < -0.4 is 10.6 Å². The van der Waals surface area contributed by atoms with Crippen LogP contribution in [0.2, 0.25) is 5.02 Å². The number of guanidine groups is 1. The van der Waals surface area contributed by atoms with E-state index in [-0.39, 0.29) is 24.0 Å². The van der Waals surface area contributed by atoms with Gasteiger partial charge in [0.2, 0.25) is 0 Å². The third kappa shape index (κ3) is 7.61. The van der Waals surface area contributed by atoms with Gasteiger partial charge in [0.15, 0.2) is 5.96 Å². The Morgan fingerprint density at radius 2 is 2.10 bits per heavy atom. The van der Waals surface area contributed by atoms with Crippen molar-refractivity contribution in [2.75, 3.05) is 19.6 Å². The first-order chi connectivity index (χ1) is 9.27. The normalized spacial score (nSPS) is 10.3. The molecule has 2 N–H and O–H groups in total. The van der Waals surface area contributed by atoms with Crippen molar-refractivity contribution in [3.63, 3.8) is 0 Å². The Balaban J connectivity index is 0.00000361. The molecule has 0 saturated carbocycles. The number of rotatable bonds is 6. The van der Waals surface area contributed by atoms with Gasteiger partial charge in [-0.05, 0) is 31.4 Å². The third-order valence-electron chi connectivity index (χ3n) is 2.53. The number of nitrogens with zero attached hydrogens (tertiary/aromatic N) is 1. The first-order valence-electron chi connectivity index (χ1n) is 6.47. The number of aliphatic imine (C=N–C) groups is 1. The SMILES string of the molecule is C#CCNC(=NCCCc1ccccc1Cl)NCC.I. The third-order valence-corrected chi connectivity index (χ3v) is 2.90. The molecule has 0 atom stereocenters. The molecule has 0 unspecified atom stereocenters. The van der Waals surface area contributed by atoms with E-state index in [2.05, 4.69) is 21.5 Å². The molecule has 0 saturated heterocycles. The lowest BCUT2D eigenvalue weighted by atomic mass is 10.1. The molecule has 0 aliphatic carbocycles. The maximum atomic E-state index is 6.10. The van der Waals surface area contributed by atoms with Gasteiger partial charge >= 0.3 is 0 Å². The average Bonchev–Trinajstić information content (AvgIpc) is 2.42. The van der Waals surface area contributed by atoms with E-state index in [4.69, 9.17) is 18.0 Å². The molecule has 0 spiro atoms. The zero-order valence-corrected chi connectivity index (χ0v) is 14.7. The highest BCUT2D eigenvalue weighted by Gasteiger charge is 1.99. The predicted molar refractivity (Wildman–Crippen MR) is 98.0 cm³/mol. The van der Waals surface area contributed by atoms with Crippen molar-refractivity contribution in [2.24, 2.45) is 4.99 Å². The summed E-state index contributed by atoms with van der Waals surface area (Å²) in [6.45, 7) is 4.07. The quantitative estimate of drug-likeness (QED) is 0.251. The van der Waals surface area contributed by atoms with Crippen LogP contribution in [0.25, 0.3) is 0 Å². The summed E-state index contributed by atoms with van der Waals surface area (Å²) in [7, 11) is 0. The van der Waals surface area contributed by atoms with Gasteiger partial charge in [-0.1, -0.05) is 35.7 Å². The van der Waals surface area contributed by atoms with Crippen LogP contribution in [0.1, 0.15) is 18.9 Å². The van der Waals surface area contributed by atoms with E-state index >= 15 is 0 Å². The molecule has 0 heterocycles. The average molecular weight is 406 g/mol. The molecule has 0 fully saturated rings. The minimum Gasteiger partial charge on any atom is -0.357 e. The highest BCUT2D eigenvalue weighted by atomic mass is 127. The van der Waals surface area contributed by atoms with Gasteiger partial charge in [-0.3, -0.25) is 4.99 Å². The summed E-state index contributed by atoms with van der Waals surface area (Å²) in [5.41, 5.74) is 1.17. The second-order valence-corrected chi connectivity index (χ2v) is 4.42. The fourth-order valence-corrected chi connectivity index (χ4v) is 1.87. The summed E-state index contributed by atoms with van der Waals surface area (Å²) < 4.78 is 0. The van der Waals surface area contributed by atoms with Crippen molar-refractivity contribution in [1.82, 2.24) is 10.6 Å². The van der Waals surface area contributed by atoms with Crippen LogP contribution >= 0.6 is 35.6 Å². The number of hydrogen-bond acceptors (Lipinski definition) is 1. The Kier molecular flexibility index (Phi) is 11.3. The lowest BCUT2D eigenvalue weighted by Gasteiger charge is -2.08. The van der Waals surface area contributed by atoms with Crippen molar-refractivity contribution >= 4 is 41.5 Å². The monoisotopic (exact) mass is 405 g/mol. The van der Waals surface area contributed by atoms with Crippen LogP contribution in [0, 0.1) is 12.3 Å². The molecule has 0 amide bonds. The van der Waals surface area contributed by atoms with E-state index in [0.29, 0.717) is 6.54 Å².